The lowest BCUT2D eigenvalue weighted by Crippen LogP contribution is -2.74. The van der Waals surface area contributed by atoms with Gasteiger partial charge in [0.15, 0.2) is 8.07 Å². The van der Waals surface area contributed by atoms with E-state index >= 15 is 0 Å². The first-order chi connectivity index (χ1) is 34.8. The number of ether oxygens (including phenoxy) is 2. The molecule has 6 nitrogen and oxygen atoms in total. The molecule has 0 bridgehead atoms. The molecule has 2 aromatic heterocycles. The summed E-state index contributed by atoms with van der Waals surface area (Å²) in [6.07, 6.45) is 1.95. The highest BCUT2D eigenvalue weighted by Crippen LogP contribution is 2.46. The SMILES string of the molecule is CN(c1ccccc1Nc1cccc(Oc2cc3c4c5c(cccc5n(-c5cc(C(C)(C)C)ccn5)c4c2)[Si]32c3ccccc3Oc3ccccc32)c1)c1c(-c2ccccc2)cccc1-c1ccccc1. The molecule has 0 saturated heterocycles. The molecule has 7 heteroatoms. The Morgan fingerprint density at radius 1 is 0.535 bits per heavy atom. The minimum absolute atomic E-state index is 0.0582. The lowest BCUT2D eigenvalue weighted by atomic mass is 9.88. The summed E-state index contributed by atoms with van der Waals surface area (Å²) in [6.45, 7) is 6.77. The largest absolute Gasteiger partial charge is 0.458 e. The number of pyridine rings is 1. The van der Waals surface area contributed by atoms with Gasteiger partial charge in [-0.05, 0) is 104 Å². The van der Waals surface area contributed by atoms with E-state index in [2.05, 4.69) is 255 Å². The first kappa shape index (κ1) is 42.4. The van der Waals surface area contributed by atoms with Gasteiger partial charge < -0.3 is 19.7 Å². The van der Waals surface area contributed by atoms with Gasteiger partial charge in [-0.3, -0.25) is 4.57 Å². The van der Waals surface area contributed by atoms with Gasteiger partial charge in [-0.2, -0.15) is 0 Å². The standard InChI is InChI=1S/C64H50N4O2Si/c1-64(2,3)44-36-37-65-60(38-44)68-52-30-19-35-58-61(52)62-53(68)40-47(41-59(62)71(58)56-33-15-13-31-54(56)70-55-32-14-16-34-57(55)71)69-46-25-17-24-45(39-46)66-50-28-11-12-29-51(50)67(4)63-48(42-20-7-5-8-21-42)26-18-27-49(63)43-22-9-6-10-23-43/h5-41,66H,1-4H3. The van der Waals surface area contributed by atoms with Gasteiger partial charge in [-0.15, -0.1) is 0 Å². The van der Waals surface area contributed by atoms with Gasteiger partial charge in [0.1, 0.15) is 28.8 Å². The van der Waals surface area contributed by atoms with Crippen LogP contribution in [0.3, 0.4) is 0 Å². The topological polar surface area (TPSA) is 51.5 Å². The summed E-state index contributed by atoms with van der Waals surface area (Å²) >= 11 is 0. The van der Waals surface area contributed by atoms with Crippen LogP contribution in [0.1, 0.15) is 26.3 Å². The number of para-hydroxylation sites is 5. The molecule has 71 heavy (non-hydrogen) atoms. The van der Waals surface area contributed by atoms with Crippen LogP contribution in [0.25, 0.3) is 49.9 Å². The van der Waals surface area contributed by atoms with Crippen molar-refractivity contribution in [1.82, 2.24) is 9.55 Å². The maximum atomic E-state index is 7.15. The molecule has 0 radical (unpaired) electrons. The summed E-state index contributed by atoms with van der Waals surface area (Å²) in [7, 11) is -0.777. The predicted octanol–water partition coefficient (Wildman–Crippen LogP) is 13.9. The van der Waals surface area contributed by atoms with E-state index in [4.69, 9.17) is 14.5 Å². The zero-order valence-corrected chi connectivity index (χ0v) is 41.0. The molecule has 11 aromatic rings. The smallest absolute Gasteiger partial charge is 0.189 e. The Kier molecular flexibility index (Phi) is 9.87. The predicted molar refractivity (Wildman–Crippen MR) is 296 cm³/mol. The van der Waals surface area contributed by atoms with Crippen molar-refractivity contribution in [1.29, 1.82) is 0 Å². The van der Waals surface area contributed by atoms with Crippen molar-refractivity contribution in [3.8, 4) is 51.1 Å². The normalized spacial score (nSPS) is 13.0. The number of nitrogens with zero attached hydrogens (tertiary/aromatic N) is 3. The number of aromatic nitrogens is 2. The number of hydrogen-bond donors (Lipinski definition) is 1. The quantitative estimate of drug-likeness (QED) is 0.146. The van der Waals surface area contributed by atoms with Gasteiger partial charge in [0.05, 0.1) is 28.1 Å². The van der Waals surface area contributed by atoms with E-state index in [0.717, 1.165) is 84.9 Å². The Morgan fingerprint density at radius 3 is 1.85 bits per heavy atom. The molecular weight excluding hydrogens is 885 g/mol. The van der Waals surface area contributed by atoms with Gasteiger partial charge in [0, 0.05) is 53.0 Å². The summed E-state index contributed by atoms with van der Waals surface area (Å²) in [5.41, 5.74) is 12.1. The maximum absolute atomic E-state index is 7.15. The fraction of sp³-hybridized carbons (Fsp3) is 0.0781. The zero-order chi connectivity index (χ0) is 47.8. The van der Waals surface area contributed by atoms with Crippen molar-refractivity contribution < 1.29 is 9.47 Å². The number of fused-ring (bicyclic) bond motifs is 6. The molecule has 0 unspecified atom stereocenters. The van der Waals surface area contributed by atoms with Crippen molar-refractivity contribution in [2.75, 3.05) is 17.3 Å². The van der Waals surface area contributed by atoms with Crippen LogP contribution in [0.2, 0.25) is 0 Å². The van der Waals surface area contributed by atoms with Crippen LogP contribution in [0.15, 0.2) is 225 Å². The van der Waals surface area contributed by atoms with Gasteiger partial charge in [0.25, 0.3) is 0 Å². The monoisotopic (exact) mass is 934 g/mol. The lowest BCUT2D eigenvalue weighted by molar-refractivity contribution is 0.483. The van der Waals surface area contributed by atoms with E-state index in [1.54, 1.807) is 0 Å². The van der Waals surface area contributed by atoms with Crippen molar-refractivity contribution in [3.05, 3.63) is 230 Å². The van der Waals surface area contributed by atoms with E-state index < -0.39 is 8.07 Å². The Balaban J connectivity index is 0.938. The number of benzene rings is 9. The Hall–Kier alpha value is -8.65. The maximum Gasteiger partial charge on any atom is 0.189 e. The Morgan fingerprint density at radius 2 is 1.14 bits per heavy atom. The average molecular weight is 935 g/mol. The molecule has 0 aliphatic carbocycles. The molecule has 0 saturated carbocycles. The minimum Gasteiger partial charge on any atom is -0.458 e. The van der Waals surface area contributed by atoms with Crippen molar-refractivity contribution >= 4 is 73.4 Å². The third-order valence-corrected chi connectivity index (χ3v) is 19.3. The molecule has 13 rings (SSSR count). The summed E-state index contributed by atoms with van der Waals surface area (Å²) < 4.78 is 16.2. The summed E-state index contributed by atoms with van der Waals surface area (Å²) in [5, 5.41) is 11.5. The molecule has 1 spiro atoms. The molecule has 0 fully saturated rings. The Bertz CT molecular complexity index is 3770. The zero-order valence-electron chi connectivity index (χ0n) is 40.0. The molecule has 0 amide bonds. The van der Waals surface area contributed by atoms with Crippen molar-refractivity contribution in [2.45, 2.75) is 26.2 Å². The first-order valence-corrected chi connectivity index (χ1v) is 26.3. The molecule has 2 aliphatic rings. The number of anilines is 4. The first-order valence-electron chi connectivity index (χ1n) is 24.3. The average Bonchev–Trinajstić information content (AvgIpc) is 3.90. The third kappa shape index (κ3) is 6.79. The van der Waals surface area contributed by atoms with Gasteiger partial charge in [-0.1, -0.05) is 166 Å². The van der Waals surface area contributed by atoms with Gasteiger partial charge in [0.2, 0.25) is 0 Å². The van der Waals surface area contributed by atoms with Gasteiger partial charge in [-0.25, -0.2) is 4.98 Å². The van der Waals surface area contributed by atoms with E-state index in [1.807, 2.05) is 12.3 Å². The van der Waals surface area contributed by atoms with Crippen LogP contribution >= 0.6 is 0 Å². The van der Waals surface area contributed by atoms with E-state index in [9.17, 15) is 0 Å². The van der Waals surface area contributed by atoms with Crippen LogP contribution < -0.4 is 40.4 Å². The minimum atomic E-state index is -2.94. The van der Waals surface area contributed by atoms with E-state index in [1.165, 1.54) is 37.1 Å². The van der Waals surface area contributed by atoms with E-state index in [-0.39, 0.29) is 5.41 Å². The fourth-order valence-corrected chi connectivity index (χ4v) is 16.7. The molecule has 342 valence electrons. The summed E-state index contributed by atoms with van der Waals surface area (Å²) in [4.78, 5) is 7.38. The summed E-state index contributed by atoms with van der Waals surface area (Å²) in [5.74, 6) is 4.20. The second-order valence-electron chi connectivity index (χ2n) is 19.7. The highest BCUT2D eigenvalue weighted by atomic mass is 28.3. The number of nitrogens with one attached hydrogen (secondary N) is 1. The molecule has 1 N–H and O–H groups in total. The second-order valence-corrected chi connectivity index (χ2v) is 23.3. The number of rotatable bonds is 9. The van der Waals surface area contributed by atoms with Crippen LogP contribution in [-0.4, -0.2) is 24.7 Å². The van der Waals surface area contributed by atoms with Crippen LogP contribution in [0, 0.1) is 0 Å². The van der Waals surface area contributed by atoms with E-state index in [0.29, 0.717) is 0 Å². The van der Waals surface area contributed by atoms with Crippen LogP contribution in [0.4, 0.5) is 22.7 Å². The highest BCUT2D eigenvalue weighted by Gasteiger charge is 2.53. The molecule has 9 aromatic carbocycles. The van der Waals surface area contributed by atoms with Crippen molar-refractivity contribution in [3.63, 3.8) is 0 Å². The molecule has 4 heterocycles. The van der Waals surface area contributed by atoms with Crippen LogP contribution in [0.5, 0.6) is 23.0 Å². The molecular formula is C64H50N4O2Si. The number of hydrogen-bond acceptors (Lipinski definition) is 5. The Labute approximate surface area is 415 Å². The highest BCUT2D eigenvalue weighted by molar-refractivity contribution is 7.24. The van der Waals surface area contributed by atoms with Crippen LogP contribution in [-0.2, 0) is 5.41 Å². The van der Waals surface area contributed by atoms with Crippen molar-refractivity contribution in [2.24, 2.45) is 0 Å². The molecule has 0 atom stereocenters. The fourth-order valence-electron chi connectivity index (χ4n) is 11.3. The molecule has 2 aliphatic heterocycles. The third-order valence-electron chi connectivity index (χ3n) is 14.5. The lowest BCUT2D eigenvalue weighted by Gasteiger charge is -2.38. The van der Waals surface area contributed by atoms with Gasteiger partial charge >= 0.3 is 0 Å². The summed E-state index contributed by atoms with van der Waals surface area (Å²) in [6, 6.07) is 77.8. The second kappa shape index (κ2) is 16.5.